The fourth-order valence-corrected chi connectivity index (χ4v) is 2.71. The van der Waals surface area contributed by atoms with Gasteiger partial charge in [-0.3, -0.25) is 14.9 Å². The molecule has 0 aromatic heterocycles. The van der Waals surface area contributed by atoms with Crippen molar-refractivity contribution in [2.75, 3.05) is 7.11 Å². The number of nitrogens with zero attached hydrogens (tertiary/aromatic N) is 2. The standard InChI is InChI=1S/C23H21N3O5/c1-30-21-11-7-17(8-12-21)14-23(27)25-24-15-19-3-2-4-22(13-19)31-16-18-5-9-20(10-6-18)26(28)29/h2-13,15H,14,16H2,1H3,(H,25,27)/b24-15-. The number of amides is 1. The third kappa shape index (κ3) is 6.67. The summed E-state index contributed by atoms with van der Waals surface area (Å²) in [6.07, 6.45) is 1.74. The molecule has 0 atom stereocenters. The van der Waals surface area contributed by atoms with E-state index in [1.54, 1.807) is 43.5 Å². The number of hydrogen-bond donors (Lipinski definition) is 1. The predicted molar refractivity (Wildman–Crippen MR) is 116 cm³/mol. The normalized spacial score (nSPS) is 10.6. The molecular formula is C23H21N3O5. The Morgan fingerprint density at radius 1 is 1.03 bits per heavy atom. The van der Waals surface area contributed by atoms with Crippen molar-refractivity contribution in [2.45, 2.75) is 13.0 Å². The highest BCUT2D eigenvalue weighted by Crippen LogP contribution is 2.16. The Kier molecular flexibility index (Phi) is 7.31. The van der Waals surface area contributed by atoms with E-state index < -0.39 is 4.92 Å². The summed E-state index contributed by atoms with van der Waals surface area (Å²) in [4.78, 5) is 22.3. The minimum Gasteiger partial charge on any atom is -0.497 e. The molecule has 0 spiro atoms. The number of carbonyl (C=O) groups excluding carboxylic acids is 1. The summed E-state index contributed by atoms with van der Waals surface area (Å²) in [5.41, 5.74) is 4.97. The fourth-order valence-electron chi connectivity index (χ4n) is 2.71. The van der Waals surface area contributed by atoms with E-state index in [1.807, 2.05) is 24.3 Å². The van der Waals surface area contributed by atoms with Crippen LogP contribution in [-0.2, 0) is 17.8 Å². The lowest BCUT2D eigenvalue weighted by atomic mass is 10.1. The predicted octanol–water partition coefficient (Wildman–Crippen LogP) is 3.88. The van der Waals surface area contributed by atoms with Crippen molar-refractivity contribution in [3.8, 4) is 11.5 Å². The molecule has 0 saturated carbocycles. The zero-order valence-electron chi connectivity index (χ0n) is 16.9. The molecule has 0 aliphatic heterocycles. The number of ether oxygens (including phenoxy) is 2. The van der Waals surface area contributed by atoms with Gasteiger partial charge in [0.05, 0.1) is 24.7 Å². The van der Waals surface area contributed by atoms with Crippen molar-refractivity contribution in [3.05, 3.63) is 99.6 Å². The van der Waals surface area contributed by atoms with E-state index in [0.29, 0.717) is 5.75 Å². The van der Waals surface area contributed by atoms with Crippen LogP contribution in [-0.4, -0.2) is 24.2 Å². The smallest absolute Gasteiger partial charge is 0.269 e. The first-order valence-corrected chi connectivity index (χ1v) is 9.44. The number of benzene rings is 3. The summed E-state index contributed by atoms with van der Waals surface area (Å²) >= 11 is 0. The molecule has 0 saturated heterocycles. The number of nitrogens with one attached hydrogen (secondary N) is 1. The number of nitro benzene ring substituents is 1. The number of nitro groups is 1. The summed E-state index contributed by atoms with van der Waals surface area (Å²) in [6, 6.07) is 20.7. The number of non-ortho nitro benzene ring substituents is 1. The minimum atomic E-state index is -0.441. The fraction of sp³-hybridized carbons (Fsp3) is 0.130. The van der Waals surface area contributed by atoms with Crippen LogP contribution in [0.4, 0.5) is 5.69 Å². The SMILES string of the molecule is COc1ccc(CC(=O)N/N=C\c2cccc(OCc3ccc([N+](=O)[O-])cc3)c2)cc1. The Morgan fingerprint density at radius 2 is 1.74 bits per heavy atom. The number of rotatable bonds is 9. The van der Waals surface area contributed by atoms with Gasteiger partial charge in [-0.2, -0.15) is 5.10 Å². The molecule has 0 fully saturated rings. The van der Waals surface area contributed by atoms with E-state index in [4.69, 9.17) is 9.47 Å². The van der Waals surface area contributed by atoms with E-state index >= 15 is 0 Å². The molecule has 0 aliphatic carbocycles. The first kappa shape index (κ1) is 21.5. The zero-order valence-corrected chi connectivity index (χ0v) is 16.9. The van der Waals surface area contributed by atoms with Crippen LogP contribution in [0.1, 0.15) is 16.7 Å². The second kappa shape index (κ2) is 10.5. The highest BCUT2D eigenvalue weighted by atomic mass is 16.6. The van der Waals surface area contributed by atoms with Crippen LogP contribution in [0, 0.1) is 10.1 Å². The molecule has 31 heavy (non-hydrogen) atoms. The van der Waals surface area contributed by atoms with Gasteiger partial charge in [0.15, 0.2) is 0 Å². The molecule has 0 bridgehead atoms. The maximum atomic E-state index is 12.0. The second-order valence-corrected chi connectivity index (χ2v) is 6.60. The summed E-state index contributed by atoms with van der Waals surface area (Å²) < 4.78 is 10.8. The number of hydrogen-bond acceptors (Lipinski definition) is 6. The zero-order chi connectivity index (χ0) is 22.1. The molecule has 8 heteroatoms. The van der Waals surface area contributed by atoms with Gasteiger partial charge in [0.1, 0.15) is 18.1 Å². The van der Waals surface area contributed by atoms with Crippen LogP contribution >= 0.6 is 0 Å². The molecule has 0 heterocycles. The van der Waals surface area contributed by atoms with Gasteiger partial charge < -0.3 is 9.47 Å². The minimum absolute atomic E-state index is 0.0380. The lowest BCUT2D eigenvalue weighted by Crippen LogP contribution is -2.19. The van der Waals surface area contributed by atoms with Gasteiger partial charge in [-0.05, 0) is 53.1 Å². The lowest BCUT2D eigenvalue weighted by Gasteiger charge is -2.07. The van der Waals surface area contributed by atoms with E-state index in [1.165, 1.54) is 18.3 Å². The van der Waals surface area contributed by atoms with Crippen molar-refractivity contribution >= 4 is 17.8 Å². The third-order valence-electron chi connectivity index (χ3n) is 4.34. The average Bonchev–Trinajstić information content (AvgIpc) is 2.79. The monoisotopic (exact) mass is 419 g/mol. The Labute approximate surface area is 179 Å². The average molecular weight is 419 g/mol. The summed E-state index contributed by atoms with van der Waals surface area (Å²) in [5.74, 6) is 1.12. The Balaban J connectivity index is 1.50. The largest absolute Gasteiger partial charge is 0.497 e. The Morgan fingerprint density at radius 3 is 2.42 bits per heavy atom. The summed E-state index contributed by atoms with van der Waals surface area (Å²) in [5, 5.41) is 14.7. The van der Waals surface area contributed by atoms with Crippen LogP contribution in [0.3, 0.4) is 0 Å². The van der Waals surface area contributed by atoms with Gasteiger partial charge in [0, 0.05) is 12.1 Å². The van der Waals surface area contributed by atoms with E-state index in [9.17, 15) is 14.9 Å². The van der Waals surface area contributed by atoms with Crippen LogP contribution < -0.4 is 14.9 Å². The van der Waals surface area contributed by atoms with E-state index in [-0.39, 0.29) is 24.6 Å². The number of carbonyl (C=O) groups is 1. The number of hydrazone groups is 1. The maximum Gasteiger partial charge on any atom is 0.269 e. The van der Waals surface area contributed by atoms with Crippen molar-refractivity contribution in [1.82, 2.24) is 5.43 Å². The Bertz CT molecular complexity index is 1060. The maximum absolute atomic E-state index is 12.0. The van der Waals surface area contributed by atoms with Gasteiger partial charge in [-0.1, -0.05) is 24.3 Å². The molecule has 0 radical (unpaired) electrons. The highest BCUT2D eigenvalue weighted by Gasteiger charge is 2.05. The van der Waals surface area contributed by atoms with Crippen LogP contribution in [0.2, 0.25) is 0 Å². The van der Waals surface area contributed by atoms with Crippen molar-refractivity contribution in [2.24, 2.45) is 5.10 Å². The Hall–Kier alpha value is -4.20. The van der Waals surface area contributed by atoms with Crippen molar-refractivity contribution < 1.29 is 19.2 Å². The molecular weight excluding hydrogens is 398 g/mol. The molecule has 1 N–H and O–H groups in total. The lowest BCUT2D eigenvalue weighted by molar-refractivity contribution is -0.384. The highest BCUT2D eigenvalue weighted by molar-refractivity contribution is 5.83. The van der Waals surface area contributed by atoms with E-state index in [2.05, 4.69) is 10.5 Å². The van der Waals surface area contributed by atoms with Crippen molar-refractivity contribution in [1.29, 1.82) is 0 Å². The van der Waals surface area contributed by atoms with Gasteiger partial charge in [-0.15, -0.1) is 0 Å². The van der Waals surface area contributed by atoms with Crippen LogP contribution in [0.5, 0.6) is 11.5 Å². The van der Waals surface area contributed by atoms with Crippen LogP contribution in [0.25, 0.3) is 0 Å². The quantitative estimate of drug-likeness (QED) is 0.322. The molecule has 3 rings (SSSR count). The molecule has 8 nitrogen and oxygen atoms in total. The molecule has 3 aromatic rings. The van der Waals surface area contributed by atoms with Gasteiger partial charge in [-0.25, -0.2) is 5.43 Å². The second-order valence-electron chi connectivity index (χ2n) is 6.60. The van der Waals surface area contributed by atoms with Gasteiger partial charge in [0.2, 0.25) is 5.91 Å². The summed E-state index contributed by atoms with van der Waals surface area (Å²) in [6.45, 7) is 0.275. The summed E-state index contributed by atoms with van der Waals surface area (Å²) in [7, 11) is 1.59. The number of methoxy groups -OCH3 is 1. The van der Waals surface area contributed by atoms with Gasteiger partial charge >= 0.3 is 0 Å². The molecule has 158 valence electrons. The first-order chi connectivity index (χ1) is 15.0. The molecule has 0 aliphatic rings. The molecule has 0 unspecified atom stereocenters. The van der Waals surface area contributed by atoms with Crippen LogP contribution in [0.15, 0.2) is 77.9 Å². The molecule has 1 amide bonds. The topological polar surface area (TPSA) is 103 Å². The molecule has 3 aromatic carbocycles. The van der Waals surface area contributed by atoms with Crippen molar-refractivity contribution in [3.63, 3.8) is 0 Å². The first-order valence-electron chi connectivity index (χ1n) is 9.44. The third-order valence-corrected chi connectivity index (χ3v) is 4.34. The van der Waals surface area contributed by atoms with Gasteiger partial charge in [0.25, 0.3) is 5.69 Å². The van der Waals surface area contributed by atoms with E-state index in [0.717, 1.165) is 22.4 Å².